The number of hydrogen-bond donors (Lipinski definition) is 2. The smallest absolute Gasteiger partial charge is 0.262 e. The standard InChI is InChI=1S/C15H19N3O5S/c1-17-8-9-23-14-10-11(5-6-12(14)17)24(21,22)18-7-3-2-4-13(18)15(19)16-20/h2-3,5-6,10,13,20H,4,7-9H2,1H3,(H,16,19)/t13-/m1/s1. The first kappa shape index (κ1) is 16.7. The molecule has 1 atom stereocenters. The van der Waals surface area contributed by atoms with Gasteiger partial charge in [-0.25, -0.2) is 13.9 Å². The summed E-state index contributed by atoms with van der Waals surface area (Å²) < 4.78 is 32.5. The second kappa shape index (κ2) is 6.42. The molecule has 8 nitrogen and oxygen atoms in total. The summed E-state index contributed by atoms with van der Waals surface area (Å²) in [4.78, 5) is 13.8. The number of rotatable bonds is 3. The second-order valence-corrected chi connectivity index (χ2v) is 7.56. The third-order valence-electron chi connectivity index (χ3n) is 4.21. The summed E-state index contributed by atoms with van der Waals surface area (Å²) >= 11 is 0. The van der Waals surface area contributed by atoms with Gasteiger partial charge < -0.3 is 9.64 Å². The first-order valence-corrected chi connectivity index (χ1v) is 8.98. The van der Waals surface area contributed by atoms with Crippen LogP contribution in [0.1, 0.15) is 6.42 Å². The Morgan fingerprint density at radius 1 is 1.38 bits per heavy atom. The van der Waals surface area contributed by atoms with Crippen molar-refractivity contribution in [2.24, 2.45) is 0 Å². The molecule has 130 valence electrons. The number of amides is 1. The molecule has 1 aromatic rings. The fourth-order valence-corrected chi connectivity index (χ4v) is 4.43. The highest BCUT2D eigenvalue weighted by Crippen LogP contribution is 2.34. The van der Waals surface area contributed by atoms with Crippen LogP contribution in [0.15, 0.2) is 35.2 Å². The van der Waals surface area contributed by atoms with E-state index in [0.29, 0.717) is 12.4 Å². The normalized spacial score (nSPS) is 21.1. The maximum Gasteiger partial charge on any atom is 0.262 e. The summed E-state index contributed by atoms with van der Waals surface area (Å²) in [5.74, 6) is -0.252. The van der Waals surface area contributed by atoms with E-state index < -0.39 is 22.0 Å². The van der Waals surface area contributed by atoms with Crippen molar-refractivity contribution in [1.82, 2.24) is 9.79 Å². The van der Waals surface area contributed by atoms with E-state index in [1.807, 2.05) is 11.9 Å². The third kappa shape index (κ3) is 2.85. The number of nitrogens with one attached hydrogen (secondary N) is 1. The van der Waals surface area contributed by atoms with Crippen molar-refractivity contribution in [3.63, 3.8) is 0 Å². The Balaban J connectivity index is 1.98. The Hall–Kier alpha value is -2.10. The lowest BCUT2D eigenvalue weighted by Gasteiger charge is -2.31. The molecule has 3 rings (SSSR count). The molecule has 0 saturated heterocycles. The minimum absolute atomic E-state index is 0.0580. The van der Waals surface area contributed by atoms with E-state index >= 15 is 0 Å². The van der Waals surface area contributed by atoms with Crippen molar-refractivity contribution in [3.8, 4) is 5.75 Å². The van der Waals surface area contributed by atoms with Gasteiger partial charge in [-0.3, -0.25) is 10.0 Å². The van der Waals surface area contributed by atoms with Crippen molar-refractivity contribution in [2.45, 2.75) is 17.4 Å². The van der Waals surface area contributed by atoms with Crippen molar-refractivity contribution in [1.29, 1.82) is 0 Å². The maximum atomic E-state index is 12.9. The number of fused-ring (bicyclic) bond motifs is 1. The van der Waals surface area contributed by atoms with Crippen LogP contribution in [0.5, 0.6) is 5.75 Å². The van der Waals surface area contributed by atoms with Crippen LogP contribution in [0, 0.1) is 0 Å². The van der Waals surface area contributed by atoms with Gasteiger partial charge in [-0.2, -0.15) is 4.31 Å². The fraction of sp³-hybridized carbons (Fsp3) is 0.400. The lowest BCUT2D eigenvalue weighted by Crippen LogP contribution is -2.50. The number of sulfonamides is 1. The van der Waals surface area contributed by atoms with Gasteiger partial charge in [0.25, 0.3) is 5.91 Å². The van der Waals surface area contributed by atoms with Gasteiger partial charge in [0.1, 0.15) is 18.4 Å². The highest BCUT2D eigenvalue weighted by atomic mass is 32.2. The Bertz CT molecular complexity index is 777. The number of carbonyl (C=O) groups excluding carboxylic acids is 1. The molecule has 0 fully saturated rings. The lowest BCUT2D eigenvalue weighted by atomic mass is 10.1. The molecule has 2 aliphatic heterocycles. The van der Waals surface area contributed by atoms with Gasteiger partial charge in [-0.15, -0.1) is 0 Å². The van der Waals surface area contributed by atoms with Crippen LogP contribution in [0.4, 0.5) is 5.69 Å². The quantitative estimate of drug-likeness (QED) is 0.462. The van der Waals surface area contributed by atoms with E-state index in [1.54, 1.807) is 18.2 Å². The number of hydroxylamine groups is 1. The molecule has 2 N–H and O–H groups in total. The number of benzene rings is 1. The lowest BCUT2D eigenvalue weighted by molar-refractivity contribution is -0.133. The first-order chi connectivity index (χ1) is 11.4. The molecule has 0 aliphatic carbocycles. The minimum atomic E-state index is -3.91. The number of carbonyl (C=O) groups is 1. The minimum Gasteiger partial charge on any atom is -0.490 e. The van der Waals surface area contributed by atoms with Gasteiger partial charge in [0.15, 0.2) is 0 Å². The Morgan fingerprint density at radius 3 is 2.92 bits per heavy atom. The molecule has 0 saturated carbocycles. The zero-order valence-electron chi connectivity index (χ0n) is 13.2. The van der Waals surface area contributed by atoms with Gasteiger partial charge in [0.2, 0.25) is 10.0 Å². The summed E-state index contributed by atoms with van der Waals surface area (Å²) in [6.45, 7) is 1.28. The summed E-state index contributed by atoms with van der Waals surface area (Å²) in [6, 6.07) is 3.70. The highest BCUT2D eigenvalue weighted by Gasteiger charge is 2.36. The average Bonchev–Trinajstić information content (AvgIpc) is 2.61. The zero-order chi connectivity index (χ0) is 17.3. The van der Waals surface area contributed by atoms with E-state index in [4.69, 9.17) is 9.94 Å². The molecule has 2 aliphatic rings. The van der Waals surface area contributed by atoms with Gasteiger partial charge in [-0.1, -0.05) is 12.2 Å². The average molecular weight is 353 g/mol. The topological polar surface area (TPSA) is 99.2 Å². The van der Waals surface area contributed by atoms with Crippen LogP contribution < -0.4 is 15.1 Å². The third-order valence-corrected chi connectivity index (χ3v) is 6.08. The van der Waals surface area contributed by atoms with Crippen LogP contribution in [0.3, 0.4) is 0 Å². The highest BCUT2D eigenvalue weighted by molar-refractivity contribution is 7.89. The van der Waals surface area contributed by atoms with E-state index in [2.05, 4.69) is 0 Å². The first-order valence-electron chi connectivity index (χ1n) is 7.54. The van der Waals surface area contributed by atoms with Crippen molar-refractivity contribution >= 4 is 21.6 Å². The summed E-state index contributed by atoms with van der Waals surface area (Å²) in [6.07, 6.45) is 3.61. The molecule has 0 radical (unpaired) electrons. The Morgan fingerprint density at radius 2 is 2.17 bits per heavy atom. The zero-order valence-corrected chi connectivity index (χ0v) is 14.0. The molecule has 1 amide bonds. The number of likely N-dealkylation sites (N-methyl/N-ethyl adjacent to an activating group) is 1. The monoisotopic (exact) mass is 353 g/mol. The molecule has 2 heterocycles. The molecule has 0 spiro atoms. The molecule has 9 heteroatoms. The largest absolute Gasteiger partial charge is 0.490 e. The molecular formula is C15H19N3O5S. The predicted octanol–water partition coefficient (Wildman–Crippen LogP) is 0.340. The van der Waals surface area contributed by atoms with Gasteiger partial charge >= 0.3 is 0 Å². The SMILES string of the molecule is CN1CCOc2cc(S(=O)(=O)N3CC=CC[C@@H]3C(=O)NO)ccc21. The van der Waals surface area contributed by atoms with Gasteiger partial charge in [-0.05, 0) is 18.6 Å². The van der Waals surface area contributed by atoms with Crippen LogP contribution in [-0.4, -0.2) is 56.6 Å². The molecule has 1 aromatic carbocycles. The van der Waals surface area contributed by atoms with Crippen LogP contribution in [-0.2, 0) is 14.8 Å². The molecule has 0 unspecified atom stereocenters. The van der Waals surface area contributed by atoms with Crippen molar-refractivity contribution < 1.29 is 23.2 Å². The number of nitrogens with zero attached hydrogens (tertiary/aromatic N) is 2. The number of ether oxygens (including phenoxy) is 1. The molecule has 0 bridgehead atoms. The van der Waals surface area contributed by atoms with Crippen LogP contribution >= 0.6 is 0 Å². The Labute approximate surface area is 140 Å². The van der Waals surface area contributed by atoms with Crippen LogP contribution in [0.25, 0.3) is 0 Å². The fourth-order valence-electron chi connectivity index (χ4n) is 2.86. The molecular weight excluding hydrogens is 334 g/mol. The molecule has 24 heavy (non-hydrogen) atoms. The predicted molar refractivity (Wildman–Crippen MR) is 86.6 cm³/mol. The van der Waals surface area contributed by atoms with E-state index in [9.17, 15) is 13.2 Å². The van der Waals surface area contributed by atoms with E-state index in [1.165, 1.54) is 17.6 Å². The van der Waals surface area contributed by atoms with E-state index in [0.717, 1.165) is 16.5 Å². The van der Waals surface area contributed by atoms with E-state index in [-0.39, 0.29) is 17.9 Å². The molecule has 0 aromatic heterocycles. The van der Waals surface area contributed by atoms with Crippen molar-refractivity contribution in [3.05, 3.63) is 30.4 Å². The second-order valence-electron chi connectivity index (χ2n) is 5.67. The Kier molecular flexibility index (Phi) is 4.48. The summed E-state index contributed by atoms with van der Waals surface area (Å²) in [5.41, 5.74) is 2.36. The summed E-state index contributed by atoms with van der Waals surface area (Å²) in [7, 11) is -2.00. The maximum absolute atomic E-state index is 12.9. The van der Waals surface area contributed by atoms with Crippen molar-refractivity contribution in [2.75, 3.05) is 31.6 Å². The van der Waals surface area contributed by atoms with Gasteiger partial charge in [0.05, 0.1) is 17.1 Å². The number of anilines is 1. The van der Waals surface area contributed by atoms with Crippen LogP contribution in [0.2, 0.25) is 0 Å². The van der Waals surface area contributed by atoms with Gasteiger partial charge in [0, 0.05) is 19.7 Å². The summed E-state index contributed by atoms with van der Waals surface area (Å²) in [5, 5.41) is 8.86. The number of hydrogen-bond acceptors (Lipinski definition) is 6.